The lowest BCUT2D eigenvalue weighted by atomic mass is 10.2. The molecule has 3 heterocycles. The molecule has 11 heteroatoms. The molecule has 2 aromatic rings. The van der Waals surface area contributed by atoms with Crippen molar-refractivity contribution in [2.75, 3.05) is 49.1 Å². The van der Waals surface area contributed by atoms with E-state index in [0.717, 1.165) is 0 Å². The third kappa shape index (κ3) is 5.20. The minimum atomic E-state index is -0.583. The highest BCUT2D eigenvalue weighted by Crippen LogP contribution is 2.28. The van der Waals surface area contributed by atoms with Crippen LogP contribution in [-0.4, -0.2) is 73.3 Å². The molecule has 0 unspecified atom stereocenters. The van der Waals surface area contributed by atoms with Gasteiger partial charge < -0.3 is 15.0 Å². The third-order valence-corrected chi connectivity index (χ3v) is 5.44. The van der Waals surface area contributed by atoms with E-state index in [9.17, 15) is 14.4 Å². The average Bonchev–Trinajstić information content (AvgIpc) is 3.02. The quantitative estimate of drug-likeness (QED) is 0.695. The molecule has 174 valence electrons. The highest BCUT2D eigenvalue weighted by molar-refractivity contribution is 5.92. The van der Waals surface area contributed by atoms with Gasteiger partial charge in [0.15, 0.2) is 0 Å². The molecule has 10 nitrogen and oxygen atoms in total. The van der Waals surface area contributed by atoms with Crippen LogP contribution in [0, 0.1) is 5.82 Å². The first kappa shape index (κ1) is 22.5. The Morgan fingerprint density at radius 2 is 2.09 bits per heavy atom. The number of hydrogen-bond donors (Lipinski definition) is 2. The van der Waals surface area contributed by atoms with E-state index in [2.05, 4.69) is 15.7 Å². The Kier molecular flexibility index (Phi) is 6.68. The highest BCUT2D eigenvalue weighted by Gasteiger charge is 2.33. The van der Waals surface area contributed by atoms with Crippen LogP contribution in [-0.2, 0) is 9.53 Å². The van der Waals surface area contributed by atoms with Crippen LogP contribution < -0.4 is 20.5 Å². The number of nitrogens with one attached hydrogen (secondary N) is 2. The number of hydrazine groups is 1. The third-order valence-electron chi connectivity index (χ3n) is 5.44. The molecule has 3 amide bonds. The zero-order chi connectivity index (χ0) is 23.4. The summed E-state index contributed by atoms with van der Waals surface area (Å²) in [7, 11) is 0. The molecule has 0 saturated carbocycles. The predicted molar refractivity (Wildman–Crippen MR) is 118 cm³/mol. The molecule has 0 aliphatic carbocycles. The van der Waals surface area contributed by atoms with Gasteiger partial charge in [-0.05, 0) is 30.3 Å². The minimum absolute atomic E-state index is 0.201. The molecule has 2 fully saturated rings. The lowest BCUT2D eigenvalue weighted by Gasteiger charge is -2.24. The Morgan fingerprint density at radius 1 is 1.24 bits per heavy atom. The van der Waals surface area contributed by atoms with E-state index in [-0.39, 0.29) is 24.9 Å². The van der Waals surface area contributed by atoms with Crippen LogP contribution in [0.1, 0.15) is 17.4 Å². The van der Waals surface area contributed by atoms with E-state index in [0.29, 0.717) is 43.2 Å². The number of cyclic esters (lactones) is 1. The van der Waals surface area contributed by atoms with Crippen molar-refractivity contribution in [2.45, 2.75) is 13.0 Å². The summed E-state index contributed by atoms with van der Waals surface area (Å²) in [6.45, 7) is 3.51. The molecular weight excluding hydrogens is 431 g/mol. The summed E-state index contributed by atoms with van der Waals surface area (Å²) in [5.41, 5.74) is 4.17. The van der Waals surface area contributed by atoms with E-state index in [1.54, 1.807) is 36.5 Å². The maximum atomic E-state index is 15.0. The zero-order valence-corrected chi connectivity index (χ0v) is 18.2. The van der Waals surface area contributed by atoms with Crippen LogP contribution in [0.2, 0.25) is 0 Å². The number of halogens is 1. The summed E-state index contributed by atoms with van der Waals surface area (Å²) in [5.74, 6) is -0.933. The number of hydrogen-bond acceptors (Lipinski definition) is 7. The summed E-state index contributed by atoms with van der Waals surface area (Å²) in [6.07, 6.45) is 0.482. The van der Waals surface area contributed by atoms with Crippen LogP contribution >= 0.6 is 0 Å². The number of carbonyl (C=O) groups is 3. The van der Waals surface area contributed by atoms with E-state index >= 15 is 4.39 Å². The fourth-order valence-electron chi connectivity index (χ4n) is 3.79. The normalized spacial score (nSPS) is 18.7. The maximum absolute atomic E-state index is 15.0. The Labute approximate surface area is 190 Å². The van der Waals surface area contributed by atoms with Crippen LogP contribution in [0.5, 0.6) is 0 Å². The van der Waals surface area contributed by atoms with Crippen molar-refractivity contribution in [3.63, 3.8) is 0 Å². The first-order valence-electron chi connectivity index (χ1n) is 10.7. The number of carbonyl (C=O) groups excluding carboxylic acids is 3. The topological polar surface area (TPSA) is 107 Å². The number of ether oxygens (including phenoxy) is 1. The molecular formula is C22H25FN6O4. The number of rotatable bonds is 5. The van der Waals surface area contributed by atoms with Crippen molar-refractivity contribution < 1.29 is 23.5 Å². The van der Waals surface area contributed by atoms with Crippen LogP contribution in [0.3, 0.4) is 0 Å². The van der Waals surface area contributed by atoms with E-state index in [4.69, 9.17) is 4.74 Å². The van der Waals surface area contributed by atoms with Gasteiger partial charge in [0.1, 0.15) is 17.6 Å². The van der Waals surface area contributed by atoms with Crippen LogP contribution in [0.15, 0.2) is 42.6 Å². The van der Waals surface area contributed by atoms with E-state index in [1.807, 2.05) is 4.90 Å². The van der Waals surface area contributed by atoms with Crippen molar-refractivity contribution >= 4 is 29.3 Å². The second kappa shape index (κ2) is 9.82. The molecule has 1 aromatic heterocycles. The van der Waals surface area contributed by atoms with Gasteiger partial charge in [-0.2, -0.15) is 0 Å². The molecule has 0 spiro atoms. The number of aromatic nitrogens is 1. The lowest BCUT2D eigenvalue weighted by molar-refractivity contribution is -0.119. The number of amides is 3. The molecule has 0 bridgehead atoms. The van der Waals surface area contributed by atoms with Crippen molar-refractivity contribution in [1.29, 1.82) is 0 Å². The van der Waals surface area contributed by atoms with Gasteiger partial charge in [-0.15, -0.1) is 0 Å². The molecule has 33 heavy (non-hydrogen) atoms. The van der Waals surface area contributed by atoms with Gasteiger partial charge in [0, 0.05) is 32.8 Å². The molecule has 2 N–H and O–H groups in total. The first-order chi connectivity index (χ1) is 15.9. The Bertz CT molecular complexity index is 1040. The standard InChI is InChI=1S/C22H25FN6O4/c1-15(30)25-13-17-14-28(22(32)33-17)16-5-6-20(18(23)12-16)27-9-8-26-29(11-10-27)21(31)19-4-2-3-7-24-19/h2-7,12,17,26H,8-11,13-14H2,1H3,(H,25,30)/t17-/m0/s1. The van der Waals surface area contributed by atoms with Crippen molar-refractivity contribution in [3.05, 3.63) is 54.1 Å². The average molecular weight is 456 g/mol. The van der Waals surface area contributed by atoms with Crippen LogP contribution in [0.4, 0.5) is 20.6 Å². The molecule has 1 aromatic carbocycles. The summed E-state index contributed by atoms with van der Waals surface area (Å²) in [5, 5.41) is 4.10. The fourth-order valence-corrected chi connectivity index (χ4v) is 3.79. The Hall–Kier alpha value is -3.73. The van der Waals surface area contributed by atoms with Gasteiger partial charge in [0.05, 0.1) is 31.0 Å². The highest BCUT2D eigenvalue weighted by atomic mass is 19.1. The summed E-state index contributed by atoms with van der Waals surface area (Å²) in [4.78, 5) is 43.2. The smallest absolute Gasteiger partial charge is 0.414 e. The summed E-state index contributed by atoms with van der Waals surface area (Å²) >= 11 is 0. The van der Waals surface area contributed by atoms with E-state index < -0.39 is 18.0 Å². The zero-order valence-electron chi connectivity index (χ0n) is 18.2. The minimum Gasteiger partial charge on any atom is -0.442 e. The van der Waals surface area contributed by atoms with Crippen LogP contribution in [0.25, 0.3) is 0 Å². The van der Waals surface area contributed by atoms with Crippen molar-refractivity contribution in [1.82, 2.24) is 20.7 Å². The second-order valence-corrected chi connectivity index (χ2v) is 7.76. The molecule has 2 saturated heterocycles. The molecule has 4 rings (SSSR count). The summed E-state index contributed by atoms with van der Waals surface area (Å²) < 4.78 is 20.3. The molecule has 2 aliphatic heterocycles. The van der Waals surface area contributed by atoms with Gasteiger partial charge in [0.2, 0.25) is 5.91 Å². The Balaban J connectivity index is 1.40. The maximum Gasteiger partial charge on any atom is 0.414 e. The van der Waals surface area contributed by atoms with Crippen molar-refractivity contribution in [2.24, 2.45) is 0 Å². The van der Waals surface area contributed by atoms with Gasteiger partial charge in [-0.1, -0.05) is 6.07 Å². The van der Waals surface area contributed by atoms with Gasteiger partial charge in [-0.25, -0.2) is 14.6 Å². The van der Waals surface area contributed by atoms with Gasteiger partial charge in [0.25, 0.3) is 5.91 Å². The van der Waals surface area contributed by atoms with Gasteiger partial charge >= 0.3 is 6.09 Å². The lowest BCUT2D eigenvalue weighted by Crippen LogP contribution is -2.43. The number of nitrogens with zero attached hydrogens (tertiary/aromatic N) is 4. The molecule has 0 radical (unpaired) electrons. The largest absolute Gasteiger partial charge is 0.442 e. The predicted octanol–water partition coefficient (Wildman–Crippen LogP) is 1.15. The summed E-state index contributed by atoms with van der Waals surface area (Å²) in [6, 6.07) is 9.72. The Morgan fingerprint density at radius 3 is 2.82 bits per heavy atom. The molecule has 2 aliphatic rings. The number of benzene rings is 1. The second-order valence-electron chi connectivity index (χ2n) is 7.76. The number of pyridine rings is 1. The first-order valence-corrected chi connectivity index (χ1v) is 10.7. The number of anilines is 2. The monoisotopic (exact) mass is 456 g/mol. The molecule has 1 atom stereocenters. The SMILES string of the molecule is CC(=O)NC[C@H]1CN(c2ccc(N3CCNN(C(=O)c4ccccn4)CC3)c(F)c2)C(=O)O1. The van der Waals surface area contributed by atoms with Gasteiger partial charge in [-0.3, -0.25) is 24.5 Å². The van der Waals surface area contributed by atoms with E-state index in [1.165, 1.54) is 22.9 Å². The fraction of sp³-hybridized carbons (Fsp3) is 0.364. The van der Waals surface area contributed by atoms with Crippen molar-refractivity contribution in [3.8, 4) is 0 Å².